The van der Waals surface area contributed by atoms with E-state index < -0.39 is 0 Å². The predicted molar refractivity (Wildman–Crippen MR) is 78.9 cm³/mol. The van der Waals surface area contributed by atoms with Crippen LogP contribution in [0, 0.1) is 6.92 Å². The fraction of sp³-hybridized carbons (Fsp3) is 0.462. The van der Waals surface area contributed by atoms with Gasteiger partial charge in [-0.15, -0.1) is 0 Å². The summed E-state index contributed by atoms with van der Waals surface area (Å²) < 4.78 is 11.0. The van der Waals surface area contributed by atoms with Crippen molar-refractivity contribution in [2.75, 3.05) is 10.7 Å². The third-order valence-electron chi connectivity index (χ3n) is 2.62. The number of hydrogen-bond donors (Lipinski definition) is 3. The average Bonchev–Trinajstić information content (AvgIpc) is 2.84. The van der Waals surface area contributed by atoms with Gasteiger partial charge in [-0.1, -0.05) is 0 Å². The molecule has 8 nitrogen and oxygen atoms in total. The number of aromatic nitrogens is 3. The molecule has 0 aromatic carbocycles. The van der Waals surface area contributed by atoms with Crippen molar-refractivity contribution < 1.29 is 9.15 Å². The van der Waals surface area contributed by atoms with Gasteiger partial charge in [0, 0.05) is 0 Å². The highest BCUT2D eigenvalue weighted by Gasteiger charge is 2.14. The minimum atomic E-state index is -0.0985. The molecule has 8 heteroatoms. The van der Waals surface area contributed by atoms with Crippen LogP contribution in [0.2, 0.25) is 0 Å². The average molecular weight is 292 g/mol. The van der Waals surface area contributed by atoms with Crippen LogP contribution in [0.5, 0.6) is 6.01 Å². The summed E-state index contributed by atoms with van der Waals surface area (Å²) in [6.45, 7) is 7.62. The fourth-order valence-electron chi connectivity index (χ4n) is 1.70. The second kappa shape index (κ2) is 6.40. The topological polar surface area (TPSA) is 111 Å². The number of anilines is 2. The Morgan fingerprint density at radius 1 is 1.14 bits per heavy atom. The Balaban J connectivity index is 2.18. The molecule has 114 valence electrons. The van der Waals surface area contributed by atoms with Crippen molar-refractivity contribution in [2.24, 2.45) is 5.84 Å². The van der Waals surface area contributed by atoms with E-state index in [2.05, 4.69) is 25.7 Å². The molecule has 2 aromatic rings. The maximum absolute atomic E-state index is 5.56. The highest BCUT2D eigenvalue weighted by atomic mass is 16.5. The van der Waals surface area contributed by atoms with Crippen molar-refractivity contribution in [3.63, 3.8) is 0 Å². The molecule has 0 aliphatic rings. The van der Waals surface area contributed by atoms with E-state index in [9.17, 15) is 0 Å². The minimum Gasteiger partial charge on any atom is -0.464 e. The van der Waals surface area contributed by atoms with Gasteiger partial charge in [-0.05, 0) is 39.8 Å². The molecule has 1 atom stereocenters. The summed E-state index contributed by atoms with van der Waals surface area (Å²) in [7, 11) is 0. The van der Waals surface area contributed by atoms with E-state index in [1.54, 1.807) is 0 Å². The smallest absolute Gasteiger partial charge is 0.323 e. The Morgan fingerprint density at radius 3 is 2.43 bits per heavy atom. The number of nitrogens with one attached hydrogen (secondary N) is 2. The number of nitrogen functional groups attached to an aromatic ring is 1. The van der Waals surface area contributed by atoms with E-state index in [0.717, 1.165) is 11.5 Å². The summed E-state index contributed by atoms with van der Waals surface area (Å²) in [6.07, 6.45) is -0.0454. The number of rotatable bonds is 6. The first kappa shape index (κ1) is 15.0. The lowest BCUT2D eigenvalue weighted by molar-refractivity contribution is 0.222. The zero-order chi connectivity index (χ0) is 15.4. The molecule has 4 N–H and O–H groups in total. The van der Waals surface area contributed by atoms with Gasteiger partial charge in [-0.3, -0.25) is 5.43 Å². The van der Waals surface area contributed by atoms with Crippen LogP contribution in [0.15, 0.2) is 16.5 Å². The zero-order valence-electron chi connectivity index (χ0n) is 12.5. The molecule has 0 amide bonds. The largest absolute Gasteiger partial charge is 0.464 e. The van der Waals surface area contributed by atoms with Crippen molar-refractivity contribution >= 4 is 11.9 Å². The van der Waals surface area contributed by atoms with Gasteiger partial charge in [-0.25, -0.2) is 5.84 Å². The first-order valence-electron chi connectivity index (χ1n) is 6.70. The molecule has 2 aromatic heterocycles. The summed E-state index contributed by atoms with van der Waals surface area (Å²) in [4.78, 5) is 12.4. The standard InChI is InChI=1S/C13H20N6O2/c1-7(2)20-13-17-11(16-12(18-13)19-14)15-9(4)10-6-5-8(3)21-10/h5-7,9H,14H2,1-4H3,(H2,15,16,17,18,19). The van der Waals surface area contributed by atoms with Crippen molar-refractivity contribution in [3.8, 4) is 6.01 Å². The lowest BCUT2D eigenvalue weighted by Gasteiger charge is -2.14. The first-order chi connectivity index (χ1) is 9.97. The van der Waals surface area contributed by atoms with Gasteiger partial charge in [0.05, 0.1) is 12.1 Å². The molecule has 0 fully saturated rings. The Bertz CT molecular complexity index is 598. The van der Waals surface area contributed by atoms with Gasteiger partial charge in [0.1, 0.15) is 11.5 Å². The molecule has 0 aliphatic carbocycles. The normalized spacial score (nSPS) is 12.3. The Labute approximate surface area is 123 Å². The molecule has 0 saturated carbocycles. The zero-order valence-corrected chi connectivity index (χ0v) is 12.5. The Morgan fingerprint density at radius 2 is 1.86 bits per heavy atom. The van der Waals surface area contributed by atoms with Crippen LogP contribution in [0.25, 0.3) is 0 Å². The third-order valence-corrected chi connectivity index (χ3v) is 2.62. The summed E-state index contributed by atoms with van der Waals surface area (Å²) >= 11 is 0. The van der Waals surface area contributed by atoms with Crippen molar-refractivity contribution in [1.29, 1.82) is 0 Å². The molecule has 2 rings (SSSR count). The van der Waals surface area contributed by atoms with E-state index in [0.29, 0.717) is 5.95 Å². The van der Waals surface area contributed by atoms with E-state index >= 15 is 0 Å². The minimum absolute atomic E-state index is 0.0454. The second-order valence-corrected chi connectivity index (χ2v) is 4.89. The van der Waals surface area contributed by atoms with E-state index in [-0.39, 0.29) is 24.1 Å². The van der Waals surface area contributed by atoms with Crippen LogP contribution in [0.1, 0.15) is 38.3 Å². The molecule has 0 bridgehead atoms. The van der Waals surface area contributed by atoms with Crippen molar-refractivity contribution in [1.82, 2.24) is 15.0 Å². The molecule has 0 radical (unpaired) electrons. The molecular weight excluding hydrogens is 272 g/mol. The lowest BCUT2D eigenvalue weighted by Crippen LogP contribution is -2.17. The number of nitrogens with zero attached hydrogens (tertiary/aromatic N) is 3. The first-order valence-corrected chi connectivity index (χ1v) is 6.70. The third kappa shape index (κ3) is 4.06. The van der Waals surface area contributed by atoms with Crippen LogP contribution < -0.4 is 21.3 Å². The van der Waals surface area contributed by atoms with Crippen LogP contribution in [-0.4, -0.2) is 21.1 Å². The van der Waals surface area contributed by atoms with Crippen molar-refractivity contribution in [3.05, 3.63) is 23.7 Å². The van der Waals surface area contributed by atoms with Gasteiger partial charge in [-0.2, -0.15) is 15.0 Å². The van der Waals surface area contributed by atoms with Crippen LogP contribution in [-0.2, 0) is 0 Å². The number of hydrazine groups is 1. The second-order valence-electron chi connectivity index (χ2n) is 4.89. The van der Waals surface area contributed by atoms with Gasteiger partial charge in [0.25, 0.3) is 0 Å². The fourth-order valence-corrected chi connectivity index (χ4v) is 1.70. The highest BCUT2D eigenvalue weighted by Crippen LogP contribution is 2.20. The summed E-state index contributed by atoms with van der Waals surface area (Å²) in [6, 6.07) is 3.92. The van der Waals surface area contributed by atoms with E-state index in [1.165, 1.54) is 0 Å². The number of aryl methyl sites for hydroxylation is 1. The molecule has 0 saturated heterocycles. The lowest BCUT2D eigenvalue weighted by atomic mass is 10.2. The monoisotopic (exact) mass is 292 g/mol. The van der Waals surface area contributed by atoms with E-state index in [4.69, 9.17) is 15.0 Å². The Kier molecular flexibility index (Phi) is 4.59. The summed E-state index contributed by atoms with van der Waals surface area (Å²) in [5, 5.41) is 3.13. The SMILES string of the molecule is Cc1ccc(C(C)Nc2nc(NN)nc(OC(C)C)n2)o1. The number of furan rings is 1. The highest BCUT2D eigenvalue weighted by molar-refractivity contribution is 5.36. The molecule has 0 spiro atoms. The van der Waals surface area contributed by atoms with Gasteiger partial charge >= 0.3 is 6.01 Å². The van der Waals surface area contributed by atoms with E-state index in [1.807, 2.05) is 39.8 Å². The maximum Gasteiger partial charge on any atom is 0.323 e. The van der Waals surface area contributed by atoms with Crippen LogP contribution in [0.3, 0.4) is 0 Å². The molecule has 1 unspecified atom stereocenters. The summed E-state index contributed by atoms with van der Waals surface area (Å²) in [5.74, 6) is 7.59. The molecular formula is C13H20N6O2. The van der Waals surface area contributed by atoms with Crippen molar-refractivity contribution in [2.45, 2.75) is 39.8 Å². The number of hydrogen-bond acceptors (Lipinski definition) is 8. The van der Waals surface area contributed by atoms with Gasteiger partial charge < -0.3 is 14.5 Å². The molecule has 2 heterocycles. The molecule has 0 aliphatic heterocycles. The van der Waals surface area contributed by atoms with Crippen LogP contribution in [0.4, 0.5) is 11.9 Å². The predicted octanol–water partition coefficient (Wildman–Crippen LogP) is 2.02. The van der Waals surface area contributed by atoms with Crippen LogP contribution >= 0.6 is 0 Å². The number of nitrogens with two attached hydrogens (primary N) is 1. The molecule has 21 heavy (non-hydrogen) atoms. The number of ether oxygens (including phenoxy) is 1. The maximum atomic E-state index is 5.56. The van der Waals surface area contributed by atoms with Gasteiger partial charge in [0.15, 0.2) is 0 Å². The van der Waals surface area contributed by atoms with Gasteiger partial charge in [0.2, 0.25) is 11.9 Å². The summed E-state index contributed by atoms with van der Waals surface area (Å²) in [5.41, 5.74) is 2.39. The Hall–Kier alpha value is -2.35. The quantitative estimate of drug-likeness (QED) is 0.547.